The molecular formula is C74H93ClN18O11. The van der Waals surface area contributed by atoms with Crippen LogP contribution in [0.3, 0.4) is 0 Å². The van der Waals surface area contributed by atoms with Crippen LogP contribution in [-0.4, -0.2) is 248 Å². The summed E-state index contributed by atoms with van der Waals surface area (Å²) in [5.41, 5.74) is 11.6. The molecule has 5 N–H and O–H groups in total. The molecule has 0 spiro atoms. The average Bonchev–Trinajstić information content (AvgIpc) is 1.58. The number of nitrogens with two attached hydrogens (primary N) is 1. The molecule has 0 saturated carbocycles. The van der Waals surface area contributed by atoms with Crippen molar-refractivity contribution in [1.82, 2.24) is 74.5 Å². The number of likely N-dealkylation sites (tertiary alicyclic amines) is 5. The molecule has 30 heteroatoms. The first-order valence-corrected chi connectivity index (χ1v) is 37.1. The third kappa shape index (κ3) is 16.1. The van der Waals surface area contributed by atoms with Gasteiger partial charge in [-0.2, -0.15) is 10.2 Å². The van der Waals surface area contributed by atoms with Crippen molar-refractivity contribution < 1.29 is 52.7 Å². The Labute approximate surface area is 608 Å². The molecule has 0 unspecified atom stereocenters. The van der Waals surface area contributed by atoms with Crippen LogP contribution in [0.25, 0.3) is 32.9 Å². The summed E-state index contributed by atoms with van der Waals surface area (Å²) in [5, 5.41) is 20.0. The number of carbonyl (C=O) groups excluding carboxylic acids is 10. The molecule has 3 aromatic heterocycles. The number of carbonyl (C=O) groups is 10. The van der Waals surface area contributed by atoms with Crippen molar-refractivity contribution in [2.75, 3.05) is 129 Å². The highest BCUT2D eigenvalue weighted by atomic mass is 35.5. The number of nitrogens with zero attached hydrogens (tertiary/aromatic N) is 14. The predicted octanol–water partition coefficient (Wildman–Crippen LogP) is 5.23. The second-order valence-electron chi connectivity index (χ2n) is 28.8. The molecule has 7 aliphatic rings. The largest absolute Gasteiger partial charge is 0.468 e. The van der Waals surface area contributed by atoms with Gasteiger partial charge >= 0.3 is 12.0 Å². The molecular weight excluding hydrogens is 1350 g/mol. The van der Waals surface area contributed by atoms with Gasteiger partial charge in [-0.15, -0.1) is 0 Å². The Hall–Kier alpha value is -9.93. The van der Waals surface area contributed by atoms with E-state index >= 15 is 0 Å². The van der Waals surface area contributed by atoms with Gasteiger partial charge in [-0.25, -0.2) is 14.8 Å². The maximum Gasteiger partial charge on any atom is 0.325 e. The van der Waals surface area contributed by atoms with Gasteiger partial charge in [0.05, 0.1) is 48.8 Å². The van der Waals surface area contributed by atoms with E-state index < -0.39 is 23.7 Å². The van der Waals surface area contributed by atoms with Gasteiger partial charge in [0.25, 0.3) is 5.91 Å². The molecule has 7 saturated heterocycles. The van der Waals surface area contributed by atoms with E-state index in [4.69, 9.17) is 27.4 Å². The summed E-state index contributed by atoms with van der Waals surface area (Å²) in [6, 6.07) is 17.8. The van der Waals surface area contributed by atoms with Crippen molar-refractivity contribution in [3.8, 4) is 11.1 Å². The number of hydrogen-bond acceptors (Lipinski definition) is 17. The van der Waals surface area contributed by atoms with Crippen molar-refractivity contribution in [3.63, 3.8) is 0 Å². The quantitative estimate of drug-likeness (QED) is 0.0711. The van der Waals surface area contributed by atoms with Gasteiger partial charge in [0.2, 0.25) is 41.4 Å². The Morgan fingerprint density at radius 2 is 1.19 bits per heavy atom. The number of methoxy groups -OCH3 is 1. The smallest absolute Gasteiger partial charge is 0.325 e. The molecule has 104 heavy (non-hydrogen) atoms. The van der Waals surface area contributed by atoms with Gasteiger partial charge < -0.3 is 65.6 Å². The number of likely N-dealkylation sites (N-methyl/N-ethyl adjacent to an activating group) is 1. The van der Waals surface area contributed by atoms with Gasteiger partial charge in [-0.1, -0.05) is 35.9 Å². The number of rotatable bonds is 20. The van der Waals surface area contributed by atoms with Gasteiger partial charge in [-0.3, -0.25) is 52.5 Å². The van der Waals surface area contributed by atoms with E-state index in [9.17, 15) is 47.9 Å². The molecule has 3 aromatic carbocycles. The van der Waals surface area contributed by atoms with E-state index in [0.29, 0.717) is 153 Å². The Morgan fingerprint density at radius 3 is 1.78 bits per heavy atom. The number of piperidine rings is 6. The molecule has 29 nitrogen and oxygen atoms in total. The van der Waals surface area contributed by atoms with Crippen molar-refractivity contribution in [1.29, 1.82) is 0 Å². The third-order valence-corrected chi connectivity index (χ3v) is 22.8. The molecule has 1 atom stereocenters. The molecule has 0 radical (unpaired) electrons. The number of urea groups is 1. The number of aryl methyl sites for hydroxylation is 1. The molecule has 10 amide bonds. The molecule has 0 aliphatic carbocycles. The van der Waals surface area contributed by atoms with E-state index in [-0.39, 0.29) is 115 Å². The first-order chi connectivity index (χ1) is 50.2. The van der Waals surface area contributed by atoms with Crippen LogP contribution < -0.4 is 26.6 Å². The Morgan fingerprint density at radius 1 is 0.615 bits per heavy atom. The summed E-state index contributed by atoms with van der Waals surface area (Å²) in [6.07, 6.45) is 11.5. The van der Waals surface area contributed by atoms with Crippen LogP contribution in [0.15, 0.2) is 67.0 Å². The molecule has 10 heterocycles. The highest BCUT2D eigenvalue weighted by Crippen LogP contribution is 2.42. The Bertz CT molecular complexity index is 4240. The number of benzene rings is 3. The number of nitrogens with one attached hydrogen (secondary N) is 3. The van der Waals surface area contributed by atoms with Crippen LogP contribution in [0.4, 0.5) is 22.1 Å². The molecule has 552 valence electrons. The van der Waals surface area contributed by atoms with Crippen molar-refractivity contribution in [2.24, 2.45) is 30.5 Å². The third-order valence-electron chi connectivity index (χ3n) is 22.5. The van der Waals surface area contributed by atoms with Crippen LogP contribution in [0, 0.1) is 17.8 Å². The molecule has 0 bridgehead atoms. The standard InChI is InChI=1S/C74H93ClN18O11/c1-84-36-37-92(74(84)103)54-6-5-25-91(44-54)60-41-79-68(69(76)99)70(82-60)81-53-11-9-46(10-12-53)47-15-30-88(31-16-47)72(101)50-21-34-90(35-22-50)73(102)51-23-32-89(33-24-51)71(100)49-19-28-87(29-20-49)64(97)14-13-63(96)86-26-17-48(18-27-86)67-66-55(56-39-59-52(38-57(56)75)40-80-85(59)2)7-4-8-58(66)93(83-67)45-62(95)77-42-61(94)78-43-65(98)104-3/h4,7-12,38-41,47-51,54H,5-6,13-37,42-45H2,1-3H3,(H2,76,99)(H,77,95)(H,78,94)(H,81,82)/t54-/m1/s1. The summed E-state index contributed by atoms with van der Waals surface area (Å²) in [4.78, 5) is 156. The highest BCUT2D eigenvalue weighted by molar-refractivity contribution is 6.34. The van der Waals surface area contributed by atoms with Crippen LogP contribution in [0.5, 0.6) is 0 Å². The van der Waals surface area contributed by atoms with E-state index in [0.717, 1.165) is 76.6 Å². The fourth-order valence-electron chi connectivity index (χ4n) is 16.4. The number of anilines is 3. The zero-order valence-corrected chi connectivity index (χ0v) is 60.2. The van der Waals surface area contributed by atoms with Crippen molar-refractivity contribution in [2.45, 2.75) is 114 Å². The predicted molar refractivity (Wildman–Crippen MR) is 387 cm³/mol. The van der Waals surface area contributed by atoms with Crippen LogP contribution in [0.1, 0.15) is 123 Å². The number of halogens is 1. The monoisotopic (exact) mass is 1440 g/mol. The van der Waals surface area contributed by atoms with Crippen LogP contribution in [0.2, 0.25) is 5.02 Å². The zero-order valence-electron chi connectivity index (χ0n) is 59.4. The topological polar surface area (TPSA) is 329 Å². The SMILES string of the molecule is COC(=O)CNC(=O)CNC(=O)Cn1nc(C2CCN(C(=O)CCC(=O)N3CCC(C(=O)N4CCC(C(=O)N5CCC(C(=O)N6CCC(c7ccc(Nc8nc(N9CCC[C@@H](N%10CCN(C)C%10=O)C9)cnc8C(N)=O)cc7)CC6)CC5)CC4)CC3)CC2)c2c(-c3cc4c(cnn4C)cc3Cl)cccc21. The molecule has 6 aromatic rings. The van der Waals surface area contributed by atoms with E-state index in [1.165, 1.54) is 7.11 Å². The molecule has 7 aliphatic heterocycles. The fourth-order valence-corrected chi connectivity index (χ4v) is 16.6. The first-order valence-electron chi connectivity index (χ1n) is 36.7. The number of esters is 1. The van der Waals surface area contributed by atoms with Crippen LogP contribution in [-0.2, 0) is 56.7 Å². The van der Waals surface area contributed by atoms with E-state index in [2.05, 4.69) is 47.8 Å². The molecule has 13 rings (SSSR count). The number of aromatic nitrogens is 6. The Balaban J connectivity index is 0.519. The maximum atomic E-state index is 13.9. The number of primary amides is 1. The maximum absolute atomic E-state index is 13.9. The lowest BCUT2D eigenvalue weighted by Crippen LogP contribution is -2.50. The number of amides is 10. The van der Waals surface area contributed by atoms with Gasteiger partial charge in [-0.05, 0) is 124 Å². The summed E-state index contributed by atoms with van der Waals surface area (Å²) in [6.45, 7) is 6.95. The zero-order chi connectivity index (χ0) is 72.9. The lowest BCUT2D eigenvalue weighted by atomic mass is 9.87. The fraction of sp³-hybridized carbons (Fsp3) is 0.541. The summed E-state index contributed by atoms with van der Waals surface area (Å²) >= 11 is 6.99. The highest BCUT2D eigenvalue weighted by Gasteiger charge is 2.40. The lowest BCUT2D eigenvalue weighted by molar-refractivity contribution is -0.146. The van der Waals surface area contributed by atoms with E-state index in [1.54, 1.807) is 36.5 Å². The summed E-state index contributed by atoms with van der Waals surface area (Å²) in [7, 11) is 4.89. The lowest BCUT2D eigenvalue weighted by Gasteiger charge is -2.40. The van der Waals surface area contributed by atoms with Crippen molar-refractivity contribution >= 4 is 110 Å². The number of ether oxygens (including phenoxy) is 1. The average molecular weight is 1450 g/mol. The van der Waals surface area contributed by atoms with Crippen molar-refractivity contribution in [3.05, 3.63) is 89.0 Å². The minimum Gasteiger partial charge on any atom is -0.468 e. The summed E-state index contributed by atoms with van der Waals surface area (Å²) in [5.74, 6) is -1.77. The van der Waals surface area contributed by atoms with Gasteiger partial charge in [0.1, 0.15) is 18.9 Å². The minimum absolute atomic E-state index is 0.0382. The normalized spacial score (nSPS) is 19.3. The van der Waals surface area contributed by atoms with E-state index in [1.807, 2.05) is 76.2 Å². The first kappa shape index (κ1) is 72.4. The number of fused-ring (bicyclic) bond motifs is 2. The minimum atomic E-state index is -0.692. The second-order valence-corrected chi connectivity index (χ2v) is 29.2. The molecule has 7 fully saturated rings. The Kier molecular flexibility index (Phi) is 22.3. The number of hydrogen-bond donors (Lipinski definition) is 4. The second kappa shape index (κ2) is 32.0. The van der Waals surface area contributed by atoms with Gasteiger partial charge in [0.15, 0.2) is 11.5 Å². The summed E-state index contributed by atoms with van der Waals surface area (Å²) < 4.78 is 7.96. The van der Waals surface area contributed by atoms with Crippen LogP contribution >= 0.6 is 11.6 Å². The van der Waals surface area contributed by atoms with Gasteiger partial charge in [0, 0.05) is 169 Å².